The normalized spacial score (nSPS) is 13.2. The number of nitrogens with one attached hydrogen (secondary N) is 1. The molecule has 0 saturated carbocycles. The zero-order valence-electron chi connectivity index (χ0n) is 35.1. The molecule has 4 nitrogen and oxygen atoms in total. The van der Waals surface area contributed by atoms with E-state index in [4.69, 9.17) is 9.47 Å². The Bertz CT molecular complexity index is 1190. The number of rotatable bonds is 37. The van der Waals surface area contributed by atoms with Crippen LogP contribution in [0, 0.1) is 0 Å². The first-order valence-corrected chi connectivity index (χ1v) is 21.4. The Labute approximate surface area is 339 Å². The van der Waals surface area contributed by atoms with E-state index in [0.717, 1.165) is 141 Å². The number of hydrogen-bond acceptors (Lipinski definition) is 3. The van der Waals surface area contributed by atoms with Gasteiger partial charge in [0.25, 0.3) is 0 Å². The maximum Gasteiger partial charge on any atom is 0.407 e. The molecular weight excluding hydrogens is 675 g/mol. The van der Waals surface area contributed by atoms with Gasteiger partial charge in [-0.15, -0.1) is 0 Å². The van der Waals surface area contributed by atoms with E-state index in [2.05, 4.69) is 139 Å². The third kappa shape index (κ3) is 48.1. The van der Waals surface area contributed by atoms with Crippen LogP contribution in [-0.4, -0.2) is 33.5 Å². The lowest BCUT2D eigenvalue weighted by Gasteiger charge is -1.98. The molecule has 0 aromatic rings. The third-order valence-electron chi connectivity index (χ3n) is 8.28. The van der Waals surface area contributed by atoms with Gasteiger partial charge in [-0.25, -0.2) is 4.79 Å². The molecule has 0 aromatic heterocycles. The highest BCUT2D eigenvalue weighted by Crippen LogP contribution is 2.05. The molecule has 0 atom stereocenters. The quantitative estimate of drug-likeness (QED) is 0.0508. The Morgan fingerprint density at radius 1 is 0.309 bits per heavy atom. The molecule has 0 bridgehead atoms. The van der Waals surface area contributed by atoms with Crippen LogP contribution in [0.2, 0.25) is 0 Å². The van der Waals surface area contributed by atoms with Gasteiger partial charge in [0.15, 0.2) is 0 Å². The molecule has 0 aliphatic carbocycles. The van der Waals surface area contributed by atoms with Gasteiger partial charge in [0.1, 0.15) is 6.61 Å². The summed E-state index contributed by atoms with van der Waals surface area (Å²) in [5.74, 6) is 0. The second kappa shape index (κ2) is 48.1. The Morgan fingerprint density at radius 2 is 0.473 bits per heavy atom. The minimum Gasteiger partial charge on any atom is -0.445 e. The van der Waals surface area contributed by atoms with Crippen LogP contribution in [0.1, 0.15) is 141 Å². The molecule has 0 spiro atoms. The molecule has 0 aliphatic heterocycles. The molecule has 0 fully saturated rings. The monoisotopic (exact) mass is 754 g/mol. The van der Waals surface area contributed by atoms with E-state index in [0.29, 0.717) is 13.2 Å². The van der Waals surface area contributed by atoms with Gasteiger partial charge >= 0.3 is 6.09 Å². The largest absolute Gasteiger partial charge is 0.445 e. The van der Waals surface area contributed by atoms with Gasteiger partial charge in [-0.3, -0.25) is 0 Å². The summed E-state index contributed by atoms with van der Waals surface area (Å²) in [7, 11) is 3.28. The average Bonchev–Trinajstić information content (AvgIpc) is 3.20. The third-order valence-corrected chi connectivity index (χ3v) is 8.28. The molecule has 1 N–H and O–H groups in total. The summed E-state index contributed by atoms with van der Waals surface area (Å²) in [5, 5.41) is 2.42. The molecule has 55 heavy (non-hydrogen) atoms. The van der Waals surface area contributed by atoms with Crippen LogP contribution in [0.25, 0.3) is 0 Å². The van der Waals surface area contributed by atoms with Crippen molar-refractivity contribution in [2.75, 3.05) is 27.4 Å². The van der Waals surface area contributed by atoms with Crippen LogP contribution in [0.15, 0.2) is 146 Å². The number of allylic oxidation sites excluding steroid dienone is 22. The van der Waals surface area contributed by atoms with Crippen molar-refractivity contribution in [1.29, 1.82) is 0 Å². The van der Waals surface area contributed by atoms with Crippen molar-refractivity contribution in [3.63, 3.8) is 0 Å². The molecule has 306 valence electrons. The first kappa shape index (κ1) is 51.1. The van der Waals surface area contributed by atoms with Crippen molar-refractivity contribution in [3.8, 4) is 0 Å². The van der Waals surface area contributed by atoms with E-state index in [9.17, 15) is 4.79 Å². The van der Waals surface area contributed by atoms with Crippen molar-refractivity contribution in [1.82, 2.24) is 5.32 Å². The van der Waals surface area contributed by atoms with Crippen molar-refractivity contribution < 1.29 is 14.3 Å². The predicted molar refractivity (Wildman–Crippen MR) is 244 cm³/mol. The number of alkyl carbamates (subject to hydrolysis) is 1. The molecule has 0 aliphatic rings. The van der Waals surface area contributed by atoms with E-state index in [1.54, 1.807) is 14.2 Å². The average molecular weight is 754 g/mol. The fraction of sp³-hybridized carbons (Fsp3) is 0.510. The SMILES string of the molecule is CNC(=O)OC/C=C/CC/C=C/CC/C=C/CC/C=C/CC/C=C/CC/C=C/CC/C=C/CC/C=C/CC/C=C/CC/C=C/CC/C=C/CC/C=C/COC. The van der Waals surface area contributed by atoms with Crippen LogP contribution < -0.4 is 5.32 Å². The van der Waals surface area contributed by atoms with E-state index in [1.807, 2.05) is 12.2 Å². The van der Waals surface area contributed by atoms with Gasteiger partial charge in [-0.05, 0) is 141 Å². The van der Waals surface area contributed by atoms with Crippen molar-refractivity contribution >= 4 is 6.09 Å². The Morgan fingerprint density at radius 3 is 0.636 bits per heavy atom. The number of unbranched alkanes of at least 4 members (excludes halogenated alkanes) is 11. The minimum atomic E-state index is -0.393. The topological polar surface area (TPSA) is 47.6 Å². The molecule has 0 radical (unpaired) electrons. The highest BCUT2D eigenvalue weighted by molar-refractivity contribution is 5.66. The van der Waals surface area contributed by atoms with Gasteiger partial charge in [0.2, 0.25) is 0 Å². The fourth-order valence-electron chi connectivity index (χ4n) is 5.14. The second-order valence-electron chi connectivity index (χ2n) is 13.3. The molecule has 0 unspecified atom stereocenters. The zero-order valence-corrected chi connectivity index (χ0v) is 35.1. The summed E-state index contributed by atoms with van der Waals surface area (Å²) in [6.45, 7) is 1.04. The smallest absolute Gasteiger partial charge is 0.407 e. The summed E-state index contributed by atoms with van der Waals surface area (Å²) in [6, 6.07) is 0. The van der Waals surface area contributed by atoms with Gasteiger partial charge in [-0.2, -0.15) is 0 Å². The van der Waals surface area contributed by atoms with Crippen LogP contribution in [0.5, 0.6) is 0 Å². The number of carbonyl (C=O) groups excluding carboxylic acids is 1. The lowest BCUT2D eigenvalue weighted by Crippen LogP contribution is -2.18. The summed E-state index contributed by atoms with van der Waals surface area (Å²) in [5.41, 5.74) is 0. The minimum absolute atomic E-state index is 0.326. The Kier molecular flexibility index (Phi) is 44.7. The number of hydrogen-bond donors (Lipinski definition) is 1. The maximum atomic E-state index is 10.9. The maximum absolute atomic E-state index is 10.9. The van der Waals surface area contributed by atoms with Gasteiger partial charge in [0, 0.05) is 14.2 Å². The van der Waals surface area contributed by atoms with Gasteiger partial charge < -0.3 is 14.8 Å². The van der Waals surface area contributed by atoms with Crippen LogP contribution in [-0.2, 0) is 9.47 Å². The highest BCUT2D eigenvalue weighted by Gasteiger charge is 1.92. The molecule has 0 heterocycles. The number of methoxy groups -OCH3 is 1. The Hall–Kier alpha value is -3.89. The van der Waals surface area contributed by atoms with Gasteiger partial charge in [0.05, 0.1) is 6.61 Å². The molecule has 0 rings (SSSR count). The molecule has 0 aromatic carbocycles. The summed E-state index contributed by atoms with van der Waals surface area (Å²) >= 11 is 0. The Balaban J connectivity index is 3.49. The van der Waals surface area contributed by atoms with E-state index >= 15 is 0 Å². The van der Waals surface area contributed by atoms with E-state index in [1.165, 1.54) is 0 Å². The fourth-order valence-corrected chi connectivity index (χ4v) is 5.14. The first-order chi connectivity index (χ1) is 27.3. The molecule has 0 saturated heterocycles. The van der Waals surface area contributed by atoms with Crippen molar-refractivity contribution in [2.45, 2.75) is 141 Å². The predicted octanol–water partition coefficient (Wildman–Crippen LogP) is 15.2. The van der Waals surface area contributed by atoms with Crippen LogP contribution in [0.3, 0.4) is 0 Å². The van der Waals surface area contributed by atoms with Crippen LogP contribution >= 0.6 is 0 Å². The van der Waals surface area contributed by atoms with E-state index in [-0.39, 0.29) is 0 Å². The summed E-state index contributed by atoms with van der Waals surface area (Å²) in [4.78, 5) is 10.9. The zero-order chi connectivity index (χ0) is 39.6. The van der Waals surface area contributed by atoms with E-state index < -0.39 is 6.09 Å². The molecule has 4 heteroatoms. The van der Waals surface area contributed by atoms with Crippen molar-refractivity contribution in [3.05, 3.63) is 146 Å². The lowest BCUT2D eigenvalue weighted by atomic mass is 10.2. The molecular formula is C51H79NO3. The molecule has 1 amide bonds. The first-order valence-electron chi connectivity index (χ1n) is 21.4. The summed E-state index contributed by atoms with van der Waals surface area (Å²) < 4.78 is 9.90. The number of carbonyl (C=O) groups is 1. The lowest BCUT2D eigenvalue weighted by molar-refractivity contribution is 0.160. The van der Waals surface area contributed by atoms with Gasteiger partial charge in [-0.1, -0.05) is 146 Å². The second-order valence-corrected chi connectivity index (χ2v) is 13.3. The number of ether oxygens (including phenoxy) is 2. The summed E-state index contributed by atoms with van der Waals surface area (Å²) in [6.07, 6.45) is 78.6. The van der Waals surface area contributed by atoms with Crippen LogP contribution in [0.4, 0.5) is 4.79 Å². The number of amides is 1. The standard InChI is InChI=1S/C51H79NO3/c1-52-51(53)55-50-48-46-44-42-40-38-36-34-32-30-28-26-24-22-20-18-16-14-12-10-8-6-4-3-5-7-9-11-13-15-17-19-21-23-25-27-29-31-33-35-37-39-41-43-45-47-49-54-2/h5-8,13-16,21-24,29-32,37-40,45-48H,3-4,9-12,17-20,25-28,33-36,41-44,49-50H2,1-2H3,(H,52,53)/b7-5+,8-6+,15-13+,16-14+,23-21+,24-22+,31-29+,32-30+,39-37+,40-38+,47-45+,48-46+. The highest BCUT2D eigenvalue weighted by atomic mass is 16.5. The van der Waals surface area contributed by atoms with Crippen molar-refractivity contribution in [2.24, 2.45) is 0 Å².